The van der Waals surface area contributed by atoms with Crippen molar-refractivity contribution in [3.8, 4) is 0 Å². The molecule has 2 N–H and O–H groups in total. The summed E-state index contributed by atoms with van der Waals surface area (Å²) in [6.45, 7) is 5.52. The number of rotatable bonds is 7. The minimum Gasteiger partial charge on any atom is -0.396 e. The van der Waals surface area contributed by atoms with Crippen molar-refractivity contribution in [2.24, 2.45) is 0 Å². The van der Waals surface area contributed by atoms with Gasteiger partial charge in [0.15, 0.2) is 0 Å². The molecule has 4 heteroatoms. The first-order valence-electron chi connectivity index (χ1n) is 5.56. The zero-order valence-electron chi connectivity index (χ0n) is 9.49. The van der Waals surface area contributed by atoms with Crippen molar-refractivity contribution >= 4 is 11.3 Å². The number of hydrogen-bond acceptors (Lipinski definition) is 4. The Balaban J connectivity index is 2.29. The molecule has 1 aromatic rings. The van der Waals surface area contributed by atoms with Gasteiger partial charge in [0.2, 0.25) is 0 Å². The van der Waals surface area contributed by atoms with Gasteiger partial charge in [0.05, 0.1) is 6.04 Å². The smallest absolute Gasteiger partial charge is 0.109 e. The summed E-state index contributed by atoms with van der Waals surface area (Å²) < 4.78 is 0. The molecule has 1 unspecified atom stereocenters. The number of aliphatic hydroxyl groups is 1. The number of hydrogen-bond donors (Lipinski definition) is 2. The van der Waals surface area contributed by atoms with Crippen LogP contribution in [-0.4, -0.2) is 23.2 Å². The van der Waals surface area contributed by atoms with Gasteiger partial charge < -0.3 is 10.4 Å². The lowest BCUT2D eigenvalue weighted by Crippen LogP contribution is -2.19. The zero-order valence-corrected chi connectivity index (χ0v) is 10.3. The summed E-state index contributed by atoms with van der Waals surface area (Å²) in [6.07, 6.45) is 4.92. The van der Waals surface area contributed by atoms with Gasteiger partial charge in [0.25, 0.3) is 0 Å². The van der Waals surface area contributed by atoms with Crippen molar-refractivity contribution in [2.45, 2.75) is 39.2 Å². The highest BCUT2D eigenvalue weighted by molar-refractivity contribution is 7.11. The molecule has 0 aromatic carbocycles. The number of nitrogens with one attached hydrogen (secondary N) is 1. The summed E-state index contributed by atoms with van der Waals surface area (Å²) in [5.74, 6) is 0. The molecular weight excluding hydrogens is 208 g/mol. The number of unbranched alkanes of at least 4 members (excludes halogenated alkanes) is 1. The maximum atomic E-state index is 8.65. The molecule has 0 bridgehead atoms. The number of aryl methyl sites for hydroxylation is 1. The van der Waals surface area contributed by atoms with Crippen LogP contribution in [0, 0.1) is 0 Å². The van der Waals surface area contributed by atoms with Gasteiger partial charge >= 0.3 is 0 Å². The van der Waals surface area contributed by atoms with Crippen molar-refractivity contribution < 1.29 is 5.11 Å². The lowest BCUT2D eigenvalue weighted by molar-refractivity contribution is 0.283. The van der Waals surface area contributed by atoms with E-state index in [0.29, 0.717) is 6.04 Å². The standard InChI is InChI=1S/C11H20N2OS/c1-3-10-8-13-11(15-10)9(2)12-6-4-5-7-14/h8-9,12,14H,3-7H2,1-2H3. The molecule has 0 aliphatic carbocycles. The fourth-order valence-corrected chi connectivity index (χ4v) is 2.21. The van der Waals surface area contributed by atoms with Gasteiger partial charge in [-0.2, -0.15) is 0 Å². The Bertz CT molecular complexity index is 275. The van der Waals surface area contributed by atoms with E-state index in [1.54, 1.807) is 11.3 Å². The van der Waals surface area contributed by atoms with Crippen LogP contribution in [0.1, 0.15) is 42.6 Å². The SMILES string of the molecule is CCc1cnc(C(C)NCCCCO)s1. The minimum absolute atomic E-state index is 0.285. The third-order valence-electron chi connectivity index (χ3n) is 2.33. The summed E-state index contributed by atoms with van der Waals surface area (Å²) in [7, 11) is 0. The van der Waals surface area contributed by atoms with Gasteiger partial charge in [-0.25, -0.2) is 4.98 Å². The summed E-state index contributed by atoms with van der Waals surface area (Å²) in [5.41, 5.74) is 0. The summed E-state index contributed by atoms with van der Waals surface area (Å²) in [6, 6.07) is 0.328. The van der Waals surface area contributed by atoms with E-state index >= 15 is 0 Å². The van der Waals surface area contributed by atoms with Gasteiger partial charge in [-0.3, -0.25) is 0 Å². The third-order valence-corrected chi connectivity index (χ3v) is 3.65. The molecule has 0 saturated heterocycles. The van der Waals surface area contributed by atoms with Crippen molar-refractivity contribution in [1.82, 2.24) is 10.3 Å². The average Bonchev–Trinajstić information content (AvgIpc) is 2.72. The molecule has 0 saturated carbocycles. The second kappa shape index (κ2) is 6.93. The molecular formula is C11H20N2OS. The summed E-state index contributed by atoms with van der Waals surface area (Å²) >= 11 is 1.78. The van der Waals surface area contributed by atoms with Gasteiger partial charge in [0, 0.05) is 17.7 Å². The third kappa shape index (κ3) is 4.28. The Morgan fingerprint density at radius 2 is 2.33 bits per heavy atom. The Kier molecular flexibility index (Phi) is 5.83. The first kappa shape index (κ1) is 12.6. The predicted octanol–water partition coefficient (Wildman–Crippen LogP) is 2.13. The Labute approximate surface area is 95.6 Å². The van der Waals surface area contributed by atoms with Crippen molar-refractivity contribution in [1.29, 1.82) is 0 Å². The molecule has 0 fully saturated rings. The molecule has 0 amide bonds. The van der Waals surface area contributed by atoms with Crippen LogP contribution in [0.3, 0.4) is 0 Å². The number of aliphatic hydroxyl groups excluding tert-OH is 1. The number of thiazole rings is 1. The van der Waals surface area contributed by atoms with E-state index in [4.69, 9.17) is 5.11 Å². The van der Waals surface area contributed by atoms with Gasteiger partial charge in [-0.15, -0.1) is 11.3 Å². The zero-order chi connectivity index (χ0) is 11.1. The molecule has 0 spiro atoms. The minimum atomic E-state index is 0.285. The van der Waals surface area contributed by atoms with Gasteiger partial charge in [-0.05, 0) is 32.7 Å². The highest BCUT2D eigenvalue weighted by Gasteiger charge is 2.08. The molecule has 1 atom stereocenters. The largest absolute Gasteiger partial charge is 0.396 e. The van der Waals surface area contributed by atoms with Crippen LogP contribution in [0.2, 0.25) is 0 Å². The van der Waals surface area contributed by atoms with E-state index in [9.17, 15) is 0 Å². The first-order valence-corrected chi connectivity index (χ1v) is 6.38. The normalized spacial score (nSPS) is 13.0. The van der Waals surface area contributed by atoms with Crippen LogP contribution in [0.15, 0.2) is 6.20 Å². The molecule has 3 nitrogen and oxygen atoms in total. The summed E-state index contributed by atoms with van der Waals surface area (Å²) in [5, 5.41) is 13.2. The quantitative estimate of drug-likeness (QED) is 0.703. The topological polar surface area (TPSA) is 45.2 Å². The van der Waals surface area contributed by atoms with E-state index in [0.717, 1.165) is 30.8 Å². The Hall–Kier alpha value is -0.450. The molecule has 0 aliphatic heterocycles. The van der Waals surface area contributed by atoms with E-state index in [1.807, 2.05) is 6.20 Å². The van der Waals surface area contributed by atoms with Crippen molar-refractivity contribution in [2.75, 3.05) is 13.2 Å². The molecule has 0 radical (unpaired) electrons. The van der Waals surface area contributed by atoms with E-state index in [2.05, 4.69) is 24.1 Å². The molecule has 15 heavy (non-hydrogen) atoms. The van der Waals surface area contributed by atoms with E-state index < -0.39 is 0 Å². The summed E-state index contributed by atoms with van der Waals surface area (Å²) in [4.78, 5) is 5.73. The second-order valence-corrected chi connectivity index (χ2v) is 4.77. The first-order chi connectivity index (χ1) is 7.27. The Morgan fingerprint density at radius 1 is 1.53 bits per heavy atom. The predicted molar refractivity (Wildman–Crippen MR) is 64.2 cm³/mol. The molecule has 1 heterocycles. The van der Waals surface area contributed by atoms with Gasteiger partial charge in [0.1, 0.15) is 5.01 Å². The van der Waals surface area contributed by atoms with Crippen LogP contribution < -0.4 is 5.32 Å². The van der Waals surface area contributed by atoms with Crippen molar-refractivity contribution in [3.63, 3.8) is 0 Å². The lowest BCUT2D eigenvalue weighted by atomic mass is 10.3. The van der Waals surface area contributed by atoms with Crippen LogP contribution in [0.5, 0.6) is 0 Å². The fourth-order valence-electron chi connectivity index (χ4n) is 1.33. The molecule has 1 aromatic heterocycles. The molecule has 1 rings (SSSR count). The maximum Gasteiger partial charge on any atom is 0.109 e. The monoisotopic (exact) mass is 228 g/mol. The molecule has 86 valence electrons. The van der Waals surface area contributed by atoms with Gasteiger partial charge in [-0.1, -0.05) is 6.92 Å². The fraction of sp³-hybridized carbons (Fsp3) is 0.727. The number of nitrogens with zero attached hydrogens (tertiary/aromatic N) is 1. The van der Waals surface area contributed by atoms with E-state index in [1.165, 1.54) is 4.88 Å². The lowest BCUT2D eigenvalue weighted by Gasteiger charge is -2.10. The maximum absolute atomic E-state index is 8.65. The second-order valence-electron chi connectivity index (χ2n) is 3.62. The van der Waals surface area contributed by atoms with Crippen LogP contribution in [0.4, 0.5) is 0 Å². The Morgan fingerprint density at radius 3 is 2.93 bits per heavy atom. The van der Waals surface area contributed by atoms with Crippen LogP contribution in [-0.2, 0) is 6.42 Å². The highest BCUT2D eigenvalue weighted by Crippen LogP contribution is 2.19. The van der Waals surface area contributed by atoms with Crippen molar-refractivity contribution in [3.05, 3.63) is 16.1 Å². The average molecular weight is 228 g/mol. The van der Waals surface area contributed by atoms with E-state index in [-0.39, 0.29) is 6.61 Å². The highest BCUT2D eigenvalue weighted by atomic mass is 32.1. The number of aromatic nitrogens is 1. The van der Waals surface area contributed by atoms with Crippen LogP contribution in [0.25, 0.3) is 0 Å². The molecule has 0 aliphatic rings. The van der Waals surface area contributed by atoms with Crippen LogP contribution >= 0.6 is 11.3 Å².